The van der Waals surface area contributed by atoms with E-state index in [2.05, 4.69) is 0 Å². The van der Waals surface area contributed by atoms with E-state index in [-0.39, 0.29) is 0 Å². The van der Waals surface area contributed by atoms with Crippen LogP contribution in [0, 0.1) is 11.6 Å². The molecule has 1 aromatic carbocycles. The molecule has 17 heavy (non-hydrogen) atoms. The molecule has 2 nitrogen and oxygen atoms in total. The lowest BCUT2D eigenvalue weighted by atomic mass is 9.91. The predicted molar refractivity (Wildman–Crippen MR) is 50.2 cm³/mol. The second-order valence-corrected chi connectivity index (χ2v) is 3.57. The van der Waals surface area contributed by atoms with Crippen LogP contribution in [-0.4, -0.2) is 23.9 Å². The Labute approximate surface area is 93.9 Å². The fourth-order valence-electron chi connectivity index (χ4n) is 1.54. The second kappa shape index (κ2) is 4.97. The molecule has 0 saturated carbocycles. The number of rotatable bonds is 3. The fraction of sp³-hybridized carbons (Fsp3) is 0.400. The van der Waals surface area contributed by atoms with Crippen LogP contribution in [0.25, 0.3) is 0 Å². The molecule has 0 aliphatic heterocycles. The highest BCUT2D eigenvalue weighted by Crippen LogP contribution is 2.37. The normalized spacial score (nSPS) is 15.7. The Balaban J connectivity index is 3.22. The number of nitrogens with two attached hydrogens (primary N) is 1. The van der Waals surface area contributed by atoms with Gasteiger partial charge in [0, 0.05) is 12.1 Å². The molecule has 0 saturated heterocycles. The van der Waals surface area contributed by atoms with Gasteiger partial charge in [-0.05, 0) is 17.7 Å². The molecule has 0 spiro atoms. The minimum atomic E-state index is -4.79. The quantitative estimate of drug-likeness (QED) is 0.811. The molecule has 1 aromatic rings. The molecular formula is C10H10F5NO. The summed E-state index contributed by atoms with van der Waals surface area (Å²) in [5, 5.41) is 8.66. The monoisotopic (exact) mass is 255 g/mol. The van der Waals surface area contributed by atoms with Gasteiger partial charge in [-0.25, -0.2) is 8.78 Å². The number of aliphatic hydroxyl groups is 1. The van der Waals surface area contributed by atoms with E-state index in [1.54, 1.807) is 0 Å². The van der Waals surface area contributed by atoms with Gasteiger partial charge in [0.25, 0.3) is 0 Å². The third-order valence-corrected chi connectivity index (χ3v) is 2.24. The van der Waals surface area contributed by atoms with Crippen molar-refractivity contribution in [2.24, 2.45) is 5.73 Å². The molecule has 0 bridgehead atoms. The van der Waals surface area contributed by atoms with Gasteiger partial charge < -0.3 is 10.8 Å². The van der Waals surface area contributed by atoms with Gasteiger partial charge in [-0.1, -0.05) is 0 Å². The van der Waals surface area contributed by atoms with Crippen LogP contribution in [-0.2, 0) is 0 Å². The largest absolute Gasteiger partial charge is 0.397 e. The fourth-order valence-corrected chi connectivity index (χ4v) is 1.54. The molecule has 0 radical (unpaired) electrons. The second-order valence-electron chi connectivity index (χ2n) is 3.57. The van der Waals surface area contributed by atoms with Gasteiger partial charge in [-0.2, -0.15) is 13.2 Å². The molecule has 3 N–H and O–H groups in total. The highest BCUT2D eigenvalue weighted by molar-refractivity contribution is 5.25. The summed E-state index contributed by atoms with van der Waals surface area (Å²) >= 11 is 0. The zero-order valence-electron chi connectivity index (χ0n) is 8.51. The van der Waals surface area contributed by atoms with E-state index in [9.17, 15) is 22.0 Å². The third-order valence-electron chi connectivity index (χ3n) is 2.24. The maximum Gasteiger partial charge on any atom is 0.397 e. The molecule has 0 unspecified atom stereocenters. The lowest BCUT2D eigenvalue weighted by molar-refractivity contribution is -0.157. The molecule has 96 valence electrons. The zero-order chi connectivity index (χ0) is 13.2. The van der Waals surface area contributed by atoms with Crippen molar-refractivity contribution in [1.82, 2.24) is 0 Å². The van der Waals surface area contributed by atoms with Crippen LogP contribution >= 0.6 is 0 Å². The van der Waals surface area contributed by atoms with E-state index in [0.717, 1.165) is 0 Å². The summed E-state index contributed by atoms with van der Waals surface area (Å²) in [5.74, 6) is -4.56. The van der Waals surface area contributed by atoms with Crippen LogP contribution < -0.4 is 5.73 Å². The van der Waals surface area contributed by atoms with E-state index in [1.807, 2.05) is 0 Å². The summed E-state index contributed by atoms with van der Waals surface area (Å²) in [4.78, 5) is 0. The van der Waals surface area contributed by atoms with Crippen LogP contribution in [0.2, 0.25) is 0 Å². The van der Waals surface area contributed by atoms with Crippen molar-refractivity contribution in [1.29, 1.82) is 0 Å². The van der Waals surface area contributed by atoms with Crippen molar-refractivity contribution in [2.45, 2.75) is 18.1 Å². The summed E-state index contributed by atoms with van der Waals surface area (Å²) in [6.07, 6.45) is -4.79. The van der Waals surface area contributed by atoms with Crippen LogP contribution in [0.15, 0.2) is 18.2 Å². The first-order valence-electron chi connectivity index (χ1n) is 4.65. The number of benzene rings is 1. The number of hydrogen-bond donors (Lipinski definition) is 2. The number of halogens is 5. The predicted octanol–water partition coefficient (Wildman–Crippen LogP) is 1.93. The van der Waals surface area contributed by atoms with Crippen LogP contribution in [0.1, 0.15) is 11.5 Å². The van der Waals surface area contributed by atoms with Crippen molar-refractivity contribution >= 4 is 0 Å². The summed E-state index contributed by atoms with van der Waals surface area (Å²) in [5.41, 5.74) is 4.48. The maximum absolute atomic E-state index is 12.8. The van der Waals surface area contributed by atoms with E-state index >= 15 is 0 Å². The zero-order valence-corrected chi connectivity index (χ0v) is 8.51. The molecule has 0 aromatic heterocycles. The minimum Gasteiger partial charge on any atom is -0.395 e. The third kappa shape index (κ3) is 3.37. The van der Waals surface area contributed by atoms with Gasteiger partial charge in [0.2, 0.25) is 0 Å². The van der Waals surface area contributed by atoms with E-state index in [1.165, 1.54) is 0 Å². The molecular weight excluding hydrogens is 245 g/mol. The highest BCUT2D eigenvalue weighted by Gasteiger charge is 2.44. The van der Waals surface area contributed by atoms with Crippen molar-refractivity contribution in [3.63, 3.8) is 0 Å². The Morgan fingerprint density at radius 2 is 1.59 bits per heavy atom. The van der Waals surface area contributed by atoms with Gasteiger partial charge >= 0.3 is 6.18 Å². The Morgan fingerprint density at radius 1 is 1.12 bits per heavy atom. The van der Waals surface area contributed by atoms with Gasteiger partial charge in [-0.15, -0.1) is 0 Å². The van der Waals surface area contributed by atoms with Crippen molar-refractivity contribution < 1.29 is 27.1 Å². The first kappa shape index (κ1) is 13.9. The Hall–Kier alpha value is -1.21. The van der Waals surface area contributed by atoms with Crippen molar-refractivity contribution in [3.8, 4) is 0 Å². The summed E-state index contributed by atoms with van der Waals surface area (Å²) in [6, 6.07) is -0.106. The number of hydrogen-bond acceptors (Lipinski definition) is 2. The molecule has 7 heteroatoms. The minimum absolute atomic E-state index is 0.460. The van der Waals surface area contributed by atoms with Gasteiger partial charge in [0.05, 0.1) is 12.5 Å². The van der Waals surface area contributed by atoms with Crippen molar-refractivity contribution in [2.75, 3.05) is 6.61 Å². The van der Waals surface area contributed by atoms with E-state index < -0.39 is 41.9 Å². The van der Waals surface area contributed by atoms with Gasteiger partial charge in [0.1, 0.15) is 11.6 Å². The first-order chi connectivity index (χ1) is 7.75. The highest BCUT2D eigenvalue weighted by atomic mass is 19.4. The smallest absolute Gasteiger partial charge is 0.395 e. The van der Waals surface area contributed by atoms with Crippen LogP contribution in [0.3, 0.4) is 0 Å². The molecule has 0 heterocycles. The summed E-state index contributed by atoms with van der Waals surface area (Å²) in [6.45, 7) is -0.942. The van der Waals surface area contributed by atoms with Gasteiger partial charge in [0.15, 0.2) is 0 Å². The number of aliphatic hydroxyl groups excluding tert-OH is 1. The van der Waals surface area contributed by atoms with E-state index in [4.69, 9.17) is 10.8 Å². The molecule has 0 aliphatic rings. The Morgan fingerprint density at radius 3 is 1.94 bits per heavy atom. The topological polar surface area (TPSA) is 46.2 Å². The Bertz CT molecular complexity index is 373. The summed E-state index contributed by atoms with van der Waals surface area (Å²) < 4.78 is 63.7. The standard InChI is InChI=1S/C10H10F5NO/c11-6-1-5(2-7(12)3-6)9(8(16)4-17)10(13,14)15/h1-3,8-9,17H,4,16H2/t8-,9-/m1/s1. The van der Waals surface area contributed by atoms with Gasteiger partial charge in [-0.3, -0.25) is 0 Å². The Kier molecular flexibility index (Phi) is 4.05. The lowest BCUT2D eigenvalue weighted by Crippen LogP contribution is -2.40. The lowest BCUT2D eigenvalue weighted by Gasteiger charge is -2.25. The average Bonchev–Trinajstić information content (AvgIpc) is 2.13. The molecule has 0 amide bonds. The van der Waals surface area contributed by atoms with Crippen LogP contribution in [0.5, 0.6) is 0 Å². The van der Waals surface area contributed by atoms with Crippen molar-refractivity contribution in [3.05, 3.63) is 35.4 Å². The molecule has 2 atom stereocenters. The maximum atomic E-state index is 12.8. The summed E-state index contributed by atoms with van der Waals surface area (Å²) in [7, 11) is 0. The molecule has 0 aliphatic carbocycles. The van der Waals surface area contributed by atoms with Crippen LogP contribution in [0.4, 0.5) is 22.0 Å². The number of alkyl halides is 3. The first-order valence-corrected chi connectivity index (χ1v) is 4.65. The molecule has 0 fully saturated rings. The average molecular weight is 255 g/mol. The SMILES string of the molecule is N[C@H](CO)[C@@H](c1cc(F)cc(F)c1)C(F)(F)F. The van der Waals surface area contributed by atoms with E-state index in [0.29, 0.717) is 18.2 Å². The molecule has 1 rings (SSSR count).